The van der Waals surface area contributed by atoms with Gasteiger partial charge in [-0.25, -0.2) is 9.78 Å². The van der Waals surface area contributed by atoms with Crippen LogP contribution in [0.2, 0.25) is 0 Å². The molecular weight excluding hydrogens is 198 g/mol. The van der Waals surface area contributed by atoms with Gasteiger partial charge < -0.3 is 14.6 Å². The van der Waals surface area contributed by atoms with E-state index in [-0.39, 0.29) is 11.8 Å². The molecule has 5 heteroatoms. The molecule has 1 heterocycles. The number of pyridine rings is 1. The van der Waals surface area contributed by atoms with Crippen molar-refractivity contribution in [2.75, 3.05) is 7.11 Å². The van der Waals surface area contributed by atoms with Crippen molar-refractivity contribution in [2.45, 2.75) is 20.0 Å². The van der Waals surface area contributed by atoms with E-state index in [1.165, 1.54) is 19.4 Å². The fourth-order valence-corrected chi connectivity index (χ4v) is 1.04. The first-order chi connectivity index (χ1) is 7.04. The molecule has 0 aliphatic rings. The van der Waals surface area contributed by atoms with Gasteiger partial charge in [-0.15, -0.1) is 0 Å². The summed E-state index contributed by atoms with van der Waals surface area (Å²) in [6.45, 7) is 3.73. The fraction of sp³-hybridized carbons (Fsp3) is 0.400. The molecule has 0 aliphatic carbocycles. The van der Waals surface area contributed by atoms with Crippen molar-refractivity contribution in [3.63, 3.8) is 0 Å². The zero-order valence-corrected chi connectivity index (χ0v) is 8.85. The summed E-state index contributed by atoms with van der Waals surface area (Å²) in [4.78, 5) is 14.4. The van der Waals surface area contributed by atoms with Crippen molar-refractivity contribution in [3.05, 3.63) is 18.0 Å². The molecule has 1 rings (SSSR count). The van der Waals surface area contributed by atoms with Crippen molar-refractivity contribution < 1.29 is 19.4 Å². The zero-order valence-electron chi connectivity index (χ0n) is 8.85. The van der Waals surface area contributed by atoms with E-state index in [1.54, 1.807) is 0 Å². The first-order valence-electron chi connectivity index (χ1n) is 4.48. The molecule has 0 saturated carbocycles. The lowest BCUT2D eigenvalue weighted by atomic mass is 10.3. The van der Waals surface area contributed by atoms with E-state index in [2.05, 4.69) is 4.98 Å². The molecule has 5 nitrogen and oxygen atoms in total. The van der Waals surface area contributed by atoms with E-state index in [1.807, 2.05) is 13.8 Å². The molecule has 1 aromatic heterocycles. The van der Waals surface area contributed by atoms with Crippen molar-refractivity contribution >= 4 is 5.97 Å². The largest absolute Gasteiger partial charge is 0.493 e. The van der Waals surface area contributed by atoms with Crippen molar-refractivity contribution in [3.8, 4) is 11.5 Å². The second kappa shape index (κ2) is 4.63. The van der Waals surface area contributed by atoms with Crippen LogP contribution in [0, 0.1) is 0 Å². The van der Waals surface area contributed by atoms with Crippen molar-refractivity contribution in [1.29, 1.82) is 0 Å². The van der Waals surface area contributed by atoms with E-state index in [9.17, 15) is 4.79 Å². The summed E-state index contributed by atoms with van der Waals surface area (Å²) in [7, 11) is 1.45. The summed E-state index contributed by atoms with van der Waals surface area (Å²) in [5.74, 6) is -0.280. The summed E-state index contributed by atoms with van der Waals surface area (Å²) < 4.78 is 10.4. The molecule has 0 fully saturated rings. The highest BCUT2D eigenvalue weighted by Gasteiger charge is 2.12. The van der Waals surface area contributed by atoms with Crippen molar-refractivity contribution in [2.24, 2.45) is 0 Å². The molecular formula is C10H13NO4. The van der Waals surface area contributed by atoms with Gasteiger partial charge in [0, 0.05) is 6.07 Å². The molecule has 0 spiro atoms. The predicted octanol–water partition coefficient (Wildman–Crippen LogP) is 1.58. The molecule has 0 saturated heterocycles. The number of carboxylic acids is 1. The highest BCUT2D eigenvalue weighted by Crippen LogP contribution is 2.27. The lowest BCUT2D eigenvalue weighted by Gasteiger charge is -2.12. The number of ether oxygens (including phenoxy) is 2. The Labute approximate surface area is 87.7 Å². The van der Waals surface area contributed by atoms with Crippen LogP contribution in [-0.4, -0.2) is 29.3 Å². The maximum Gasteiger partial charge on any atom is 0.354 e. The minimum absolute atomic E-state index is 0.0172. The van der Waals surface area contributed by atoms with Gasteiger partial charge in [-0.3, -0.25) is 0 Å². The van der Waals surface area contributed by atoms with Gasteiger partial charge in [0.15, 0.2) is 17.2 Å². The fourth-order valence-electron chi connectivity index (χ4n) is 1.04. The van der Waals surface area contributed by atoms with E-state index >= 15 is 0 Å². The molecule has 15 heavy (non-hydrogen) atoms. The Hall–Kier alpha value is -1.78. The minimum atomic E-state index is -1.09. The lowest BCUT2D eigenvalue weighted by molar-refractivity contribution is 0.0690. The first-order valence-corrected chi connectivity index (χ1v) is 4.48. The maximum atomic E-state index is 10.6. The Morgan fingerprint density at radius 3 is 2.60 bits per heavy atom. The highest BCUT2D eigenvalue weighted by molar-refractivity contribution is 5.86. The molecule has 0 atom stereocenters. The average molecular weight is 211 g/mol. The SMILES string of the molecule is COc1cc(C(=O)O)ncc1OC(C)C. The second-order valence-electron chi connectivity index (χ2n) is 3.19. The van der Waals surface area contributed by atoms with Gasteiger partial charge >= 0.3 is 5.97 Å². The summed E-state index contributed by atoms with van der Waals surface area (Å²) in [6, 6.07) is 1.33. The number of nitrogens with zero attached hydrogens (tertiary/aromatic N) is 1. The van der Waals surface area contributed by atoms with Crippen LogP contribution in [-0.2, 0) is 0 Å². The Bertz CT molecular complexity index is 362. The van der Waals surface area contributed by atoms with Gasteiger partial charge in [-0.2, -0.15) is 0 Å². The van der Waals surface area contributed by atoms with E-state index in [4.69, 9.17) is 14.6 Å². The summed E-state index contributed by atoms with van der Waals surface area (Å²) in [5, 5.41) is 8.72. The summed E-state index contributed by atoms with van der Waals surface area (Å²) >= 11 is 0. The van der Waals surface area contributed by atoms with Crippen LogP contribution in [0.5, 0.6) is 11.5 Å². The number of hydrogen-bond donors (Lipinski definition) is 1. The number of aromatic nitrogens is 1. The van der Waals surface area contributed by atoms with Gasteiger partial charge in [-0.05, 0) is 13.8 Å². The zero-order chi connectivity index (χ0) is 11.4. The third kappa shape index (κ3) is 2.83. The van der Waals surface area contributed by atoms with Crippen LogP contribution in [0.3, 0.4) is 0 Å². The second-order valence-corrected chi connectivity index (χ2v) is 3.19. The molecule has 1 N–H and O–H groups in total. The molecule has 0 radical (unpaired) electrons. The molecule has 0 aliphatic heterocycles. The summed E-state index contributed by atoms with van der Waals surface area (Å²) in [6.07, 6.45) is 1.33. The molecule has 1 aromatic rings. The highest BCUT2D eigenvalue weighted by atomic mass is 16.5. The van der Waals surface area contributed by atoms with Gasteiger partial charge in [0.1, 0.15) is 0 Å². The number of methoxy groups -OCH3 is 1. The van der Waals surface area contributed by atoms with Gasteiger partial charge in [0.05, 0.1) is 19.4 Å². The van der Waals surface area contributed by atoms with Crippen LogP contribution in [0.1, 0.15) is 24.3 Å². The first kappa shape index (κ1) is 11.3. The van der Waals surface area contributed by atoms with Crippen molar-refractivity contribution in [1.82, 2.24) is 4.98 Å². The number of hydrogen-bond acceptors (Lipinski definition) is 4. The van der Waals surface area contributed by atoms with E-state index in [0.29, 0.717) is 11.5 Å². The van der Waals surface area contributed by atoms with Crippen LogP contribution in [0.15, 0.2) is 12.3 Å². The van der Waals surface area contributed by atoms with Gasteiger partial charge in [-0.1, -0.05) is 0 Å². The van der Waals surface area contributed by atoms with Gasteiger partial charge in [0.25, 0.3) is 0 Å². The topological polar surface area (TPSA) is 68.7 Å². The number of carboxylic acid groups (broad SMARTS) is 1. The molecule has 0 aromatic carbocycles. The Balaban J connectivity index is 3.03. The Kier molecular flexibility index (Phi) is 3.49. The van der Waals surface area contributed by atoms with Crippen LogP contribution >= 0.6 is 0 Å². The minimum Gasteiger partial charge on any atom is -0.493 e. The molecule has 0 amide bonds. The predicted molar refractivity (Wildman–Crippen MR) is 53.5 cm³/mol. The third-order valence-corrected chi connectivity index (χ3v) is 1.63. The van der Waals surface area contributed by atoms with Crippen LogP contribution < -0.4 is 9.47 Å². The van der Waals surface area contributed by atoms with Gasteiger partial charge in [0.2, 0.25) is 0 Å². The molecule has 0 unspecified atom stereocenters. The summed E-state index contributed by atoms with van der Waals surface area (Å²) in [5.41, 5.74) is -0.0667. The number of carbonyl (C=O) groups is 1. The van der Waals surface area contributed by atoms with E-state index in [0.717, 1.165) is 0 Å². The number of aromatic carboxylic acids is 1. The quantitative estimate of drug-likeness (QED) is 0.818. The van der Waals surface area contributed by atoms with E-state index < -0.39 is 5.97 Å². The standard InChI is InChI=1S/C10H13NO4/c1-6(2)15-9-5-11-7(10(12)13)4-8(9)14-3/h4-6H,1-3H3,(H,12,13). The van der Waals surface area contributed by atoms with Crippen LogP contribution in [0.25, 0.3) is 0 Å². The normalized spacial score (nSPS) is 10.1. The average Bonchev–Trinajstić information content (AvgIpc) is 2.17. The third-order valence-electron chi connectivity index (χ3n) is 1.63. The molecule has 0 bridgehead atoms. The monoisotopic (exact) mass is 211 g/mol. The van der Waals surface area contributed by atoms with Crippen LogP contribution in [0.4, 0.5) is 0 Å². The molecule has 82 valence electrons. The number of rotatable bonds is 4. The lowest BCUT2D eigenvalue weighted by Crippen LogP contribution is -2.08. The Morgan fingerprint density at radius 1 is 1.47 bits per heavy atom. The maximum absolute atomic E-state index is 10.6. The Morgan fingerprint density at radius 2 is 2.13 bits per heavy atom. The smallest absolute Gasteiger partial charge is 0.354 e.